The predicted molar refractivity (Wildman–Crippen MR) is 126 cm³/mol. The molecule has 166 valence electrons. The van der Waals surface area contributed by atoms with E-state index in [1.165, 1.54) is 0 Å². The van der Waals surface area contributed by atoms with Crippen molar-refractivity contribution < 1.29 is 14.3 Å². The van der Waals surface area contributed by atoms with Crippen LogP contribution in [0.4, 0.5) is 10.5 Å². The molecule has 6 heteroatoms. The van der Waals surface area contributed by atoms with Gasteiger partial charge in [-0.15, -0.1) is 0 Å². The summed E-state index contributed by atoms with van der Waals surface area (Å²) in [4.78, 5) is 29.7. The predicted octanol–water partition coefficient (Wildman–Crippen LogP) is 5.13. The molecule has 6 nitrogen and oxygen atoms in total. The number of carbonyl (C=O) groups excluding carboxylic acids is 2. The molecule has 0 aliphatic heterocycles. The Labute approximate surface area is 189 Å². The van der Waals surface area contributed by atoms with E-state index in [2.05, 4.69) is 15.6 Å². The van der Waals surface area contributed by atoms with Crippen molar-refractivity contribution in [3.8, 4) is 11.1 Å². The van der Waals surface area contributed by atoms with Crippen LogP contribution in [-0.2, 0) is 16.0 Å². The lowest BCUT2D eigenvalue weighted by Crippen LogP contribution is -2.47. The van der Waals surface area contributed by atoms with Gasteiger partial charge in [0.2, 0.25) is 5.91 Å². The molecule has 3 aromatic rings. The molecule has 0 spiro atoms. The first-order chi connectivity index (χ1) is 15.2. The number of hydrogen-bond acceptors (Lipinski definition) is 4. The SMILES string of the molecule is Cc1cc(-c2cccc(NC(=O)[C@H](Cc3ccccc3)NC(=O)OC(C)(C)C)c2)ccn1. The average molecular weight is 432 g/mol. The van der Waals surface area contributed by atoms with Crippen LogP contribution in [0.3, 0.4) is 0 Å². The Morgan fingerprint density at radius 1 is 0.969 bits per heavy atom. The number of alkyl carbamates (subject to hydrolysis) is 1. The Morgan fingerprint density at radius 3 is 2.38 bits per heavy atom. The first kappa shape index (κ1) is 23.0. The molecule has 2 N–H and O–H groups in total. The van der Waals surface area contributed by atoms with Gasteiger partial charge in [0.05, 0.1) is 0 Å². The summed E-state index contributed by atoms with van der Waals surface area (Å²) < 4.78 is 5.36. The fourth-order valence-electron chi connectivity index (χ4n) is 3.24. The topological polar surface area (TPSA) is 80.3 Å². The van der Waals surface area contributed by atoms with Crippen molar-refractivity contribution in [2.45, 2.75) is 45.8 Å². The summed E-state index contributed by atoms with van der Waals surface area (Å²) in [5, 5.41) is 5.64. The molecule has 1 heterocycles. The molecule has 2 aromatic carbocycles. The lowest BCUT2D eigenvalue weighted by Gasteiger charge is -2.23. The molecule has 3 rings (SSSR count). The summed E-state index contributed by atoms with van der Waals surface area (Å²) in [6.07, 6.45) is 1.47. The molecule has 0 radical (unpaired) electrons. The van der Waals surface area contributed by atoms with E-state index in [-0.39, 0.29) is 5.91 Å². The van der Waals surface area contributed by atoms with Gasteiger partial charge in [-0.05, 0) is 68.7 Å². The molecule has 0 fully saturated rings. The molecular weight excluding hydrogens is 402 g/mol. The fourth-order valence-corrected chi connectivity index (χ4v) is 3.24. The number of nitrogens with zero attached hydrogens (tertiary/aromatic N) is 1. The molecule has 0 saturated carbocycles. The summed E-state index contributed by atoms with van der Waals surface area (Å²) in [5.74, 6) is -0.317. The Bertz CT molecular complexity index is 1070. The number of rotatable bonds is 6. The maximum Gasteiger partial charge on any atom is 0.408 e. The first-order valence-corrected chi connectivity index (χ1v) is 10.6. The molecule has 0 unspecified atom stereocenters. The van der Waals surface area contributed by atoms with E-state index in [0.717, 1.165) is 22.4 Å². The molecule has 0 aliphatic carbocycles. The minimum Gasteiger partial charge on any atom is -0.444 e. The van der Waals surface area contributed by atoms with E-state index < -0.39 is 17.7 Å². The zero-order valence-electron chi connectivity index (χ0n) is 18.9. The largest absolute Gasteiger partial charge is 0.444 e. The van der Waals surface area contributed by atoms with Crippen molar-refractivity contribution in [3.05, 3.63) is 84.2 Å². The second-order valence-corrected chi connectivity index (χ2v) is 8.64. The summed E-state index contributed by atoms with van der Waals surface area (Å²) in [6.45, 7) is 7.28. The van der Waals surface area contributed by atoms with Gasteiger partial charge in [0, 0.05) is 24.0 Å². The van der Waals surface area contributed by atoms with Gasteiger partial charge in [0.1, 0.15) is 11.6 Å². The third-order valence-electron chi connectivity index (χ3n) is 4.65. The molecule has 1 aromatic heterocycles. The van der Waals surface area contributed by atoms with Crippen LogP contribution in [0, 0.1) is 6.92 Å². The lowest BCUT2D eigenvalue weighted by molar-refractivity contribution is -0.118. The van der Waals surface area contributed by atoms with Crippen molar-refractivity contribution in [2.75, 3.05) is 5.32 Å². The van der Waals surface area contributed by atoms with Crippen LogP contribution in [0.1, 0.15) is 32.0 Å². The summed E-state index contributed by atoms with van der Waals surface area (Å²) >= 11 is 0. The summed E-state index contributed by atoms with van der Waals surface area (Å²) in [6, 6.07) is 20.3. The third-order valence-corrected chi connectivity index (χ3v) is 4.65. The normalized spacial score (nSPS) is 12.0. The third kappa shape index (κ3) is 6.94. The highest BCUT2D eigenvalue weighted by Crippen LogP contribution is 2.23. The Morgan fingerprint density at radius 2 is 1.69 bits per heavy atom. The van der Waals surface area contributed by atoms with Crippen LogP contribution in [0.5, 0.6) is 0 Å². The van der Waals surface area contributed by atoms with Crippen molar-refractivity contribution >= 4 is 17.7 Å². The minimum atomic E-state index is -0.793. The average Bonchev–Trinajstić information content (AvgIpc) is 2.73. The van der Waals surface area contributed by atoms with Crippen molar-refractivity contribution in [1.29, 1.82) is 0 Å². The number of aromatic nitrogens is 1. The van der Waals surface area contributed by atoms with E-state index in [1.807, 2.05) is 73.7 Å². The quantitative estimate of drug-likeness (QED) is 0.567. The van der Waals surface area contributed by atoms with Gasteiger partial charge >= 0.3 is 6.09 Å². The summed E-state index contributed by atoms with van der Waals surface area (Å²) in [7, 11) is 0. The van der Waals surface area contributed by atoms with Crippen LogP contribution in [0.2, 0.25) is 0 Å². The molecule has 2 amide bonds. The number of carbonyl (C=O) groups is 2. The first-order valence-electron chi connectivity index (χ1n) is 10.6. The standard InChI is InChI=1S/C26H29N3O3/c1-18-15-21(13-14-27-18)20-11-8-12-22(17-20)28-24(30)23(16-19-9-6-5-7-10-19)29-25(31)32-26(2,3)4/h5-15,17,23H,16H2,1-4H3,(H,28,30)(H,29,31)/t23-/m0/s1. The number of benzene rings is 2. The monoisotopic (exact) mass is 431 g/mol. The van der Waals surface area contributed by atoms with Gasteiger partial charge in [-0.3, -0.25) is 9.78 Å². The van der Waals surface area contributed by atoms with Crippen LogP contribution in [0.25, 0.3) is 11.1 Å². The molecule has 1 atom stereocenters. The number of nitrogens with one attached hydrogen (secondary N) is 2. The molecule has 0 bridgehead atoms. The highest BCUT2D eigenvalue weighted by atomic mass is 16.6. The van der Waals surface area contributed by atoms with E-state index in [0.29, 0.717) is 12.1 Å². The zero-order chi connectivity index (χ0) is 23.1. The van der Waals surface area contributed by atoms with E-state index in [9.17, 15) is 9.59 Å². The highest BCUT2D eigenvalue weighted by molar-refractivity contribution is 5.97. The molecule has 0 saturated heterocycles. The lowest BCUT2D eigenvalue weighted by atomic mass is 10.0. The Hall–Kier alpha value is -3.67. The van der Waals surface area contributed by atoms with E-state index in [1.54, 1.807) is 27.0 Å². The molecule has 0 aliphatic rings. The van der Waals surface area contributed by atoms with Crippen LogP contribution >= 0.6 is 0 Å². The van der Waals surface area contributed by atoms with Crippen molar-refractivity contribution in [3.63, 3.8) is 0 Å². The van der Waals surface area contributed by atoms with Gasteiger partial charge in [0.25, 0.3) is 0 Å². The number of hydrogen-bond donors (Lipinski definition) is 2. The molecular formula is C26H29N3O3. The number of ether oxygens (including phenoxy) is 1. The maximum atomic E-state index is 13.1. The minimum absolute atomic E-state index is 0.317. The Balaban J connectivity index is 1.78. The number of amides is 2. The fraction of sp³-hybridized carbons (Fsp3) is 0.269. The van der Waals surface area contributed by atoms with Gasteiger partial charge in [-0.2, -0.15) is 0 Å². The Kier molecular flexibility index (Phi) is 7.25. The zero-order valence-corrected chi connectivity index (χ0v) is 18.9. The second kappa shape index (κ2) is 10.1. The number of pyridine rings is 1. The van der Waals surface area contributed by atoms with Gasteiger partial charge in [-0.25, -0.2) is 4.79 Å². The highest BCUT2D eigenvalue weighted by Gasteiger charge is 2.25. The number of aryl methyl sites for hydroxylation is 1. The smallest absolute Gasteiger partial charge is 0.408 e. The van der Waals surface area contributed by atoms with E-state index >= 15 is 0 Å². The number of anilines is 1. The second-order valence-electron chi connectivity index (χ2n) is 8.64. The van der Waals surface area contributed by atoms with Gasteiger partial charge in [0.15, 0.2) is 0 Å². The molecule has 32 heavy (non-hydrogen) atoms. The van der Waals surface area contributed by atoms with Crippen LogP contribution in [-0.4, -0.2) is 28.6 Å². The maximum absolute atomic E-state index is 13.1. The van der Waals surface area contributed by atoms with Crippen LogP contribution < -0.4 is 10.6 Å². The van der Waals surface area contributed by atoms with Gasteiger partial charge < -0.3 is 15.4 Å². The van der Waals surface area contributed by atoms with Crippen molar-refractivity contribution in [1.82, 2.24) is 10.3 Å². The summed E-state index contributed by atoms with van der Waals surface area (Å²) in [5.41, 5.74) is 3.82. The van der Waals surface area contributed by atoms with Gasteiger partial charge in [-0.1, -0.05) is 42.5 Å². The van der Waals surface area contributed by atoms with Crippen molar-refractivity contribution in [2.24, 2.45) is 0 Å². The van der Waals surface area contributed by atoms with Crippen LogP contribution in [0.15, 0.2) is 72.9 Å². The van der Waals surface area contributed by atoms with E-state index in [4.69, 9.17) is 4.74 Å².